The first-order chi connectivity index (χ1) is 7.52. The number of nitrogens with two attached hydrogens (primary N) is 1. The maximum atomic E-state index is 11.5. The molecule has 0 spiro atoms. The summed E-state index contributed by atoms with van der Waals surface area (Å²) in [5, 5.41) is 3.93. The lowest BCUT2D eigenvalue weighted by atomic mass is 10.2. The van der Waals surface area contributed by atoms with E-state index in [1.165, 1.54) is 0 Å². The lowest BCUT2D eigenvalue weighted by Gasteiger charge is -2.02. The van der Waals surface area contributed by atoms with Crippen LogP contribution in [0.2, 0.25) is 0 Å². The molecule has 6 nitrogen and oxygen atoms in total. The van der Waals surface area contributed by atoms with E-state index in [4.69, 9.17) is 10.5 Å². The van der Waals surface area contributed by atoms with Crippen LogP contribution < -0.4 is 5.73 Å². The second-order valence-corrected chi connectivity index (χ2v) is 3.23. The lowest BCUT2D eigenvalue weighted by molar-refractivity contribution is 0.0527. The highest BCUT2D eigenvalue weighted by molar-refractivity contribution is 5.97. The summed E-state index contributed by atoms with van der Waals surface area (Å²) >= 11 is 0. The van der Waals surface area contributed by atoms with Crippen molar-refractivity contribution in [1.29, 1.82) is 0 Å². The molecule has 0 radical (unpaired) electrons. The molecule has 88 valence electrons. The molecule has 0 aliphatic carbocycles. The smallest absolute Gasteiger partial charge is 0.343 e. The van der Waals surface area contributed by atoms with Gasteiger partial charge in [0.2, 0.25) is 5.91 Å². The van der Waals surface area contributed by atoms with Crippen molar-refractivity contribution in [2.45, 2.75) is 27.2 Å². The molecule has 0 fully saturated rings. The topological polar surface area (TPSA) is 87.2 Å². The van der Waals surface area contributed by atoms with Crippen LogP contribution in [0.3, 0.4) is 0 Å². The van der Waals surface area contributed by atoms with Crippen molar-refractivity contribution in [1.82, 2.24) is 9.78 Å². The van der Waals surface area contributed by atoms with Gasteiger partial charge in [-0.2, -0.15) is 9.78 Å². The summed E-state index contributed by atoms with van der Waals surface area (Å²) in [7, 11) is 0. The lowest BCUT2D eigenvalue weighted by Crippen LogP contribution is -2.15. The van der Waals surface area contributed by atoms with Gasteiger partial charge in [-0.1, -0.05) is 6.92 Å². The first-order valence-corrected chi connectivity index (χ1v) is 5.08. The van der Waals surface area contributed by atoms with E-state index in [0.29, 0.717) is 5.69 Å². The number of aromatic nitrogens is 2. The van der Waals surface area contributed by atoms with Gasteiger partial charge in [0.15, 0.2) is 0 Å². The first-order valence-electron chi connectivity index (χ1n) is 5.08. The molecule has 2 N–H and O–H groups in total. The average Bonchev–Trinajstić information content (AvgIpc) is 2.53. The van der Waals surface area contributed by atoms with Gasteiger partial charge in [0.05, 0.1) is 12.3 Å². The first kappa shape index (κ1) is 12.2. The van der Waals surface area contributed by atoms with Gasteiger partial charge in [-0.3, -0.25) is 4.79 Å². The molecule has 0 bridgehead atoms. The Kier molecular flexibility index (Phi) is 3.65. The normalized spacial score (nSPS) is 10.2. The molecule has 0 saturated carbocycles. The summed E-state index contributed by atoms with van der Waals surface area (Å²) in [6.45, 7) is 5.26. The fraction of sp³-hybridized carbons (Fsp3) is 0.500. The standard InChI is InChI=1S/C10H15N3O3/c1-4-7(14)13-9(11)8(6(3)12-13)10(15)16-5-2/h4-5,11H2,1-3H3. The Morgan fingerprint density at radius 1 is 1.44 bits per heavy atom. The zero-order valence-corrected chi connectivity index (χ0v) is 9.61. The number of anilines is 1. The van der Waals surface area contributed by atoms with Crippen LogP contribution in [0.1, 0.15) is 41.1 Å². The Balaban J connectivity index is 3.17. The summed E-state index contributed by atoms with van der Waals surface area (Å²) in [6, 6.07) is 0. The molecule has 1 aromatic rings. The van der Waals surface area contributed by atoms with Crippen LogP contribution in [-0.4, -0.2) is 28.3 Å². The Morgan fingerprint density at radius 2 is 2.06 bits per heavy atom. The van der Waals surface area contributed by atoms with E-state index in [2.05, 4.69) is 5.10 Å². The van der Waals surface area contributed by atoms with Crippen LogP contribution in [0.15, 0.2) is 0 Å². The Morgan fingerprint density at radius 3 is 2.56 bits per heavy atom. The molecule has 0 aliphatic rings. The number of esters is 1. The molecule has 1 rings (SSSR count). The summed E-state index contributed by atoms with van der Waals surface area (Å²) < 4.78 is 5.88. The zero-order valence-electron chi connectivity index (χ0n) is 9.61. The number of nitrogens with zero attached hydrogens (tertiary/aromatic N) is 2. The number of rotatable bonds is 3. The molecule has 0 amide bonds. The maximum Gasteiger partial charge on any atom is 0.343 e. The summed E-state index contributed by atoms with van der Waals surface area (Å²) in [4.78, 5) is 23.0. The van der Waals surface area contributed by atoms with E-state index < -0.39 is 5.97 Å². The third-order valence-electron chi connectivity index (χ3n) is 2.11. The van der Waals surface area contributed by atoms with Gasteiger partial charge in [0.25, 0.3) is 0 Å². The highest BCUT2D eigenvalue weighted by Crippen LogP contribution is 2.17. The van der Waals surface area contributed by atoms with Crippen molar-refractivity contribution in [3.8, 4) is 0 Å². The average molecular weight is 225 g/mol. The van der Waals surface area contributed by atoms with Crippen molar-refractivity contribution >= 4 is 17.7 Å². The minimum atomic E-state index is -0.548. The van der Waals surface area contributed by atoms with E-state index in [9.17, 15) is 9.59 Å². The van der Waals surface area contributed by atoms with Crippen molar-refractivity contribution in [2.24, 2.45) is 0 Å². The van der Waals surface area contributed by atoms with E-state index in [1.54, 1.807) is 20.8 Å². The summed E-state index contributed by atoms with van der Waals surface area (Å²) in [5.41, 5.74) is 6.26. The number of aryl methyl sites for hydroxylation is 1. The van der Waals surface area contributed by atoms with Crippen molar-refractivity contribution < 1.29 is 14.3 Å². The largest absolute Gasteiger partial charge is 0.462 e. The van der Waals surface area contributed by atoms with Gasteiger partial charge in [-0.05, 0) is 13.8 Å². The predicted molar refractivity (Wildman–Crippen MR) is 58.3 cm³/mol. The molecule has 0 atom stereocenters. The van der Waals surface area contributed by atoms with Gasteiger partial charge >= 0.3 is 5.97 Å². The highest BCUT2D eigenvalue weighted by atomic mass is 16.5. The van der Waals surface area contributed by atoms with E-state index in [1.807, 2.05) is 0 Å². The minimum Gasteiger partial charge on any atom is -0.462 e. The monoisotopic (exact) mass is 225 g/mol. The van der Waals surface area contributed by atoms with Crippen LogP contribution >= 0.6 is 0 Å². The molecule has 0 unspecified atom stereocenters. The fourth-order valence-electron chi connectivity index (χ4n) is 1.34. The number of ether oxygens (including phenoxy) is 1. The fourth-order valence-corrected chi connectivity index (χ4v) is 1.34. The van der Waals surface area contributed by atoms with Gasteiger partial charge in [-0.15, -0.1) is 0 Å². The summed E-state index contributed by atoms with van der Waals surface area (Å²) in [5.74, 6) is -0.758. The Labute approximate surface area is 93.4 Å². The number of carbonyl (C=O) groups is 2. The van der Waals surface area contributed by atoms with Gasteiger partial charge in [0, 0.05) is 6.42 Å². The SMILES string of the molecule is CCOC(=O)c1c(C)nn(C(=O)CC)c1N. The van der Waals surface area contributed by atoms with E-state index >= 15 is 0 Å². The number of hydrogen-bond donors (Lipinski definition) is 1. The molecule has 6 heteroatoms. The minimum absolute atomic E-state index is 0.0443. The van der Waals surface area contributed by atoms with Crippen molar-refractivity contribution in [3.63, 3.8) is 0 Å². The van der Waals surface area contributed by atoms with Gasteiger partial charge in [-0.25, -0.2) is 4.79 Å². The molecular weight excluding hydrogens is 210 g/mol. The molecule has 0 aliphatic heterocycles. The maximum absolute atomic E-state index is 11.5. The molecular formula is C10H15N3O3. The number of carbonyl (C=O) groups excluding carboxylic acids is 2. The van der Waals surface area contributed by atoms with Gasteiger partial charge in [0.1, 0.15) is 11.4 Å². The van der Waals surface area contributed by atoms with Crippen LogP contribution in [0.4, 0.5) is 5.82 Å². The summed E-state index contributed by atoms with van der Waals surface area (Å²) in [6.07, 6.45) is 0.271. The molecule has 16 heavy (non-hydrogen) atoms. The Hall–Kier alpha value is -1.85. The van der Waals surface area contributed by atoms with Crippen LogP contribution in [-0.2, 0) is 4.74 Å². The zero-order chi connectivity index (χ0) is 12.3. The van der Waals surface area contributed by atoms with E-state index in [-0.39, 0.29) is 30.3 Å². The second kappa shape index (κ2) is 4.78. The third-order valence-corrected chi connectivity index (χ3v) is 2.11. The van der Waals surface area contributed by atoms with E-state index in [0.717, 1.165) is 4.68 Å². The molecule has 0 saturated heterocycles. The second-order valence-electron chi connectivity index (χ2n) is 3.23. The quantitative estimate of drug-likeness (QED) is 0.775. The van der Waals surface area contributed by atoms with Gasteiger partial charge < -0.3 is 10.5 Å². The number of hydrogen-bond acceptors (Lipinski definition) is 5. The molecule has 0 aromatic carbocycles. The number of nitrogen functional groups attached to an aromatic ring is 1. The molecule has 1 heterocycles. The molecule has 1 aromatic heterocycles. The Bertz CT molecular complexity index is 423. The third kappa shape index (κ3) is 2.05. The predicted octanol–water partition coefficient (Wildman–Crippen LogP) is 1.00. The van der Waals surface area contributed by atoms with Crippen molar-refractivity contribution in [3.05, 3.63) is 11.3 Å². The highest BCUT2D eigenvalue weighted by Gasteiger charge is 2.22. The van der Waals surface area contributed by atoms with Crippen LogP contribution in [0.5, 0.6) is 0 Å². The van der Waals surface area contributed by atoms with Crippen LogP contribution in [0.25, 0.3) is 0 Å². The van der Waals surface area contributed by atoms with Crippen LogP contribution in [0, 0.1) is 6.92 Å². The van der Waals surface area contributed by atoms with Crippen molar-refractivity contribution in [2.75, 3.05) is 12.3 Å².